The van der Waals surface area contributed by atoms with E-state index >= 15 is 4.39 Å². The summed E-state index contributed by atoms with van der Waals surface area (Å²) in [5, 5.41) is 2.20. The third kappa shape index (κ3) is 6.87. The van der Waals surface area contributed by atoms with Gasteiger partial charge in [-0.2, -0.15) is 0 Å². The predicted octanol–water partition coefficient (Wildman–Crippen LogP) is 15.3. The number of nitrogens with zero attached hydrogens (tertiary/aromatic N) is 1. The van der Waals surface area contributed by atoms with Crippen molar-refractivity contribution in [1.82, 2.24) is 0 Å². The van der Waals surface area contributed by atoms with Crippen molar-refractivity contribution < 1.29 is 4.39 Å². The first-order valence-corrected chi connectivity index (χ1v) is 19.8. The number of hydrogen-bond donors (Lipinski definition) is 0. The van der Waals surface area contributed by atoms with Gasteiger partial charge in [0.05, 0.1) is 11.4 Å². The van der Waals surface area contributed by atoms with Crippen LogP contribution in [0.15, 0.2) is 188 Å². The number of benzene rings is 7. The van der Waals surface area contributed by atoms with Gasteiger partial charge in [0.15, 0.2) is 0 Å². The van der Waals surface area contributed by atoms with E-state index in [-0.39, 0.29) is 11.2 Å². The Morgan fingerprint density at radius 1 is 0.667 bits per heavy atom. The van der Waals surface area contributed by atoms with Gasteiger partial charge in [0.2, 0.25) is 0 Å². The summed E-state index contributed by atoms with van der Waals surface area (Å²) in [4.78, 5) is 2.16. The standard InChI is InChI=1S/C55H48FN/c1-7-9-20-41-23-16-17-26-45(41)44-32-30-43(34-38(44)4)57(54(42-24-14-11-15-25-42)51(56)35-39(8-2)40-21-12-10-13-22-40)52-36-50-53(47-28-19-18-27-46(47)52)48-31-29-37(3)33-49(48)55(50,5)6/h7-19,21-36H,2,20H2,1,3-6H3/b9-7+,39-35+,54-51-. The maximum atomic E-state index is 17.9. The van der Waals surface area contributed by atoms with E-state index in [0.29, 0.717) is 11.3 Å². The number of hydrogen-bond acceptors (Lipinski definition) is 1. The molecule has 0 bridgehead atoms. The van der Waals surface area contributed by atoms with E-state index in [1.54, 1.807) is 12.2 Å². The molecule has 0 saturated heterocycles. The molecule has 0 amide bonds. The summed E-state index contributed by atoms with van der Waals surface area (Å²) in [5.41, 5.74) is 15.4. The maximum Gasteiger partial charge on any atom is 0.148 e. The molecule has 2 heteroatoms. The van der Waals surface area contributed by atoms with Crippen molar-refractivity contribution in [3.05, 3.63) is 227 Å². The van der Waals surface area contributed by atoms with Crippen LogP contribution in [0.1, 0.15) is 59.7 Å². The third-order valence-corrected chi connectivity index (χ3v) is 11.5. The van der Waals surface area contributed by atoms with Crippen molar-refractivity contribution >= 4 is 33.4 Å². The van der Waals surface area contributed by atoms with E-state index in [1.807, 2.05) is 60.7 Å². The fraction of sp³-hybridized carbons (Fsp3) is 0.127. The Hall–Kier alpha value is -6.51. The van der Waals surface area contributed by atoms with Crippen molar-refractivity contribution in [2.45, 2.75) is 46.5 Å². The molecule has 57 heavy (non-hydrogen) atoms. The highest BCUT2D eigenvalue weighted by Gasteiger charge is 2.38. The van der Waals surface area contributed by atoms with Crippen LogP contribution in [0.25, 0.3) is 44.3 Å². The molecule has 0 spiro atoms. The van der Waals surface area contributed by atoms with Crippen molar-refractivity contribution in [2.75, 3.05) is 4.90 Å². The molecule has 0 unspecified atom stereocenters. The monoisotopic (exact) mass is 741 g/mol. The molecular weight excluding hydrogens is 694 g/mol. The van der Waals surface area contributed by atoms with Gasteiger partial charge >= 0.3 is 0 Å². The van der Waals surface area contributed by atoms with Gasteiger partial charge in [-0.3, -0.25) is 0 Å². The predicted molar refractivity (Wildman–Crippen MR) is 243 cm³/mol. The first-order valence-electron chi connectivity index (χ1n) is 19.8. The van der Waals surface area contributed by atoms with Crippen LogP contribution in [0.5, 0.6) is 0 Å². The molecule has 0 atom stereocenters. The number of anilines is 2. The second-order valence-corrected chi connectivity index (χ2v) is 15.5. The van der Waals surface area contributed by atoms with Crippen LogP contribution in [0.3, 0.4) is 0 Å². The highest BCUT2D eigenvalue weighted by molar-refractivity contribution is 6.11. The summed E-state index contributed by atoms with van der Waals surface area (Å²) in [6.07, 6.45) is 8.52. The van der Waals surface area contributed by atoms with Gasteiger partial charge in [-0.05, 0) is 112 Å². The van der Waals surface area contributed by atoms with Gasteiger partial charge in [0, 0.05) is 22.1 Å². The van der Waals surface area contributed by atoms with Crippen LogP contribution in [-0.4, -0.2) is 0 Å². The Bertz CT molecular complexity index is 2730. The van der Waals surface area contributed by atoms with Crippen LogP contribution < -0.4 is 4.90 Å². The lowest BCUT2D eigenvalue weighted by Crippen LogP contribution is -2.20. The van der Waals surface area contributed by atoms with Gasteiger partial charge in [-0.1, -0.05) is 178 Å². The molecule has 0 aromatic heterocycles. The summed E-state index contributed by atoms with van der Waals surface area (Å²) in [7, 11) is 0. The van der Waals surface area contributed by atoms with Gasteiger partial charge in [-0.15, -0.1) is 0 Å². The molecule has 0 N–H and O–H groups in total. The van der Waals surface area contributed by atoms with Crippen LogP contribution in [-0.2, 0) is 11.8 Å². The molecule has 0 heterocycles. The molecule has 1 aliphatic rings. The van der Waals surface area contributed by atoms with Crippen LogP contribution in [0.2, 0.25) is 0 Å². The molecule has 1 aliphatic carbocycles. The van der Waals surface area contributed by atoms with E-state index < -0.39 is 0 Å². The van der Waals surface area contributed by atoms with Crippen LogP contribution in [0, 0.1) is 13.8 Å². The van der Waals surface area contributed by atoms with Gasteiger partial charge < -0.3 is 4.90 Å². The van der Waals surface area contributed by atoms with Crippen LogP contribution in [0.4, 0.5) is 15.8 Å². The Labute approximate surface area is 337 Å². The average molecular weight is 742 g/mol. The fourth-order valence-corrected chi connectivity index (χ4v) is 8.61. The second-order valence-electron chi connectivity index (χ2n) is 15.5. The first-order chi connectivity index (χ1) is 27.7. The van der Waals surface area contributed by atoms with E-state index in [9.17, 15) is 0 Å². The fourth-order valence-electron chi connectivity index (χ4n) is 8.61. The summed E-state index contributed by atoms with van der Waals surface area (Å²) in [5.74, 6) is -0.360. The second kappa shape index (κ2) is 15.6. The molecular formula is C55H48FN. The van der Waals surface area contributed by atoms with E-state index in [2.05, 4.69) is 149 Å². The number of fused-ring (bicyclic) bond motifs is 5. The zero-order valence-electron chi connectivity index (χ0n) is 33.5. The molecule has 0 aliphatic heterocycles. The molecule has 280 valence electrons. The molecule has 7 aromatic carbocycles. The minimum absolute atomic E-state index is 0.282. The highest BCUT2D eigenvalue weighted by Crippen LogP contribution is 2.55. The smallest absolute Gasteiger partial charge is 0.148 e. The number of allylic oxidation sites excluding steroid dienone is 6. The highest BCUT2D eigenvalue weighted by atomic mass is 19.1. The Morgan fingerprint density at radius 2 is 1.32 bits per heavy atom. The molecule has 0 saturated carbocycles. The van der Waals surface area contributed by atoms with Crippen molar-refractivity contribution in [2.24, 2.45) is 0 Å². The largest absolute Gasteiger partial charge is 0.307 e. The first kappa shape index (κ1) is 37.4. The molecule has 1 nitrogen and oxygen atoms in total. The Balaban J connectivity index is 1.45. The quantitative estimate of drug-likeness (QED) is 0.0997. The third-order valence-electron chi connectivity index (χ3n) is 11.5. The van der Waals surface area contributed by atoms with Crippen molar-refractivity contribution in [3.8, 4) is 22.3 Å². The number of aryl methyl sites for hydroxylation is 2. The number of rotatable bonds is 10. The molecule has 0 radical (unpaired) electrons. The summed E-state index contributed by atoms with van der Waals surface area (Å²) in [6.45, 7) is 15.1. The Kier molecular flexibility index (Phi) is 10.2. The molecule has 7 aromatic rings. The summed E-state index contributed by atoms with van der Waals surface area (Å²) in [6, 6.07) is 52.8. The summed E-state index contributed by atoms with van der Waals surface area (Å²) >= 11 is 0. The average Bonchev–Trinajstić information content (AvgIpc) is 3.46. The summed E-state index contributed by atoms with van der Waals surface area (Å²) < 4.78 is 17.9. The lowest BCUT2D eigenvalue weighted by atomic mass is 9.81. The van der Waals surface area contributed by atoms with Gasteiger partial charge in [0.25, 0.3) is 0 Å². The zero-order valence-corrected chi connectivity index (χ0v) is 33.5. The van der Waals surface area contributed by atoms with E-state index in [4.69, 9.17) is 0 Å². The minimum Gasteiger partial charge on any atom is -0.307 e. The van der Waals surface area contributed by atoms with E-state index in [0.717, 1.165) is 50.8 Å². The van der Waals surface area contributed by atoms with Gasteiger partial charge in [-0.25, -0.2) is 4.39 Å². The topological polar surface area (TPSA) is 3.24 Å². The lowest BCUT2D eigenvalue weighted by Gasteiger charge is -2.32. The van der Waals surface area contributed by atoms with E-state index in [1.165, 1.54) is 38.9 Å². The van der Waals surface area contributed by atoms with Crippen molar-refractivity contribution in [3.63, 3.8) is 0 Å². The lowest BCUT2D eigenvalue weighted by molar-refractivity contribution is 0.660. The normalized spacial score (nSPS) is 13.7. The van der Waals surface area contributed by atoms with Gasteiger partial charge in [0.1, 0.15) is 5.83 Å². The molecule has 0 fully saturated rings. The molecule has 8 rings (SSSR count). The zero-order chi connectivity index (χ0) is 39.7. The van der Waals surface area contributed by atoms with Crippen molar-refractivity contribution in [1.29, 1.82) is 0 Å². The maximum absolute atomic E-state index is 17.9. The Morgan fingerprint density at radius 3 is 2.02 bits per heavy atom. The number of halogens is 1. The SMILES string of the molecule is C=C/C(=C\C(F)=C(/c1ccccc1)N(c1ccc(-c2ccccc2C/C=C/C)c(C)c1)c1cc2c(c3ccccc13)-c1ccc(C)cc1C2(C)C)c1ccccc1. The van der Waals surface area contributed by atoms with Crippen LogP contribution >= 0.6 is 0 Å². The minimum atomic E-state index is -0.360.